The van der Waals surface area contributed by atoms with Crippen LogP contribution in [0.1, 0.15) is 24.4 Å². The molecule has 2 rings (SSSR count). The van der Waals surface area contributed by atoms with Crippen molar-refractivity contribution in [2.45, 2.75) is 24.1 Å². The Bertz CT molecular complexity index is 605. The molecule has 1 aromatic carbocycles. The standard InChI is InChI=1S/C17H23NO5S2/c1-22-14-4-3-11(7-15(14)23-2)13(9-17(20)21)18-16(19)8-12-10-24-5-6-25-12/h3-4,7,12-13H,5-6,8-10H2,1-2H3,(H,18,19)(H,20,21). The van der Waals surface area contributed by atoms with Crippen molar-refractivity contribution in [3.63, 3.8) is 0 Å². The molecular weight excluding hydrogens is 362 g/mol. The molecule has 2 unspecified atom stereocenters. The first-order chi connectivity index (χ1) is 12.0. The van der Waals surface area contributed by atoms with Crippen molar-refractivity contribution in [1.29, 1.82) is 0 Å². The molecular formula is C17H23NO5S2. The maximum absolute atomic E-state index is 12.4. The summed E-state index contributed by atoms with van der Waals surface area (Å²) in [6, 6.07) is 4.56. The monoisotopic (exact) mass is 385 g/mol. The van der Waals surface area contributed by atoms with Gasteiger partial charge in [0.1, 0.15) is 0 Å². The summed E-state index contributed by atoms with van der Waals surface area (Å²) in [4.78, 5) is 23.6. The largest absolute Gasteiger partial charge is 0.493 e. The van der Waals surface area contributed by atoms with E-state index in [-0.39, 0.29) is 17.6 Å². The van der Waals surface area contributed by atoms with Gasteiger partial charge in [0.05, 0.1) is 26.7 Å². The van der Waals surface area contributed by atoms with E-state index in [4.69, 9.17) is 9.47 Å². The van der Waals surface area contributed by atoms with Crippen molar-refractivity contribution in [2.75, 3.05) is 31.5 Å². The predicted molar refractivity (Wildman–Crippen MR) is 101 cm³/mol. The van der Waals surface area contributed by atoms with Crippen molar-refractivity contribution in [3.05, 3.63) is 23.8 Å². The van der Waals surface area contributed by atoms with Crippen LogP contribution < -0.4 is 14.8 Å². The molecule has 0 saturated carbocycles. The van der Waals surface area contributed by atoms with Gasteiger partial charge in [-0.3, -0.25) is 9.59 Å². The lowest BCUT2D eigenvalue weighted by atomic mass is 10.0. The Labute approximate surface area is 156 Å². The summed E-state index contributed by atoms with van der Waals surface area (Å²) >= 11 is 3.66. The average molecular weight is 386 g/mol. The molecule has 1 aliphatic rings. The first kappa shape index (κ1) is 19.8. The molecule has 8 heteroatoms. The number of methoxy groups -OCH3 is 2. The van der Waals surface area contributed by atoms with Gasteiger partial charge < -0.3 is 19.9 Å². The number of benzene rings is 1. The van der Waals surface area contributed by atoms with E-state index in [1.54, 1.807) is 30.0 Å². The van der Waals surface area contributed by atoms with Gasteiger partial charge in [-0.25, -0.2) is 0 Å². The first-order valence-corrected chi connectivity index (χ1v) is 10.2. The molecule has 138 valence electrons. The Morgan fingerprint density at radius 1 is 1.28 bits per heavy atom. The molecule has 25 heavy (non-hydrogen) atoms. The minimum atomic E-state index is -0.970. The second-order valence-electron chi connectivity index (χ2n) is 5.60. The molecule has 1 heterocycles. The van der Waals surface area contributed by atoms with Gasteiger partial charge in [0.15, 0.2) is 11.5 Å². The Morgan fingerprint density at radius 2 is 2.04 bits per heavy atom. The number of ether oxygens (including phenoxy) is 2. The zero-order valence-electron chi connectivity index (χ0n) is 14.3. The summed E-state index contributed by atoms with van der Waals surface area (Å²) in [5.41, 5.74) is 0.680. The SMILES string of the molecule is COc1ccc(C(CC(=O)O)NC(=O)CC2CSCCS2)cc1OC. The van der Waals surface area contributed by atoms with Crippen molar-refractivity contribution in [2.24, 2.45) is 0 Å². The Morgan fingerprint density at radius 3 is 2.64 bits per heavy atom. The number of hydrogen-bond acceptors (Lipinski definition) is 6. The highest BCUT2D eigenvalue weighted by Gasteiger charge is 2.23. The van der Waals surface area contributed by atoms with Crippen molar-refractivity contribution >= 4 is 35.4 Å². The van der Waals surface area contributed by atoms with E-state index in [1.165, 1.54) is 14.2 Å². The molecule has 0 aliphatic carbocycles. The first-order valence-electron chi connectivity index (χ1n) is 7.96. The lowest BCUT2D eigenvalue weighted by Crippen LogP contribution is -2.33. The molecule has 0 aromatic heterocycles. The van der Waals surface area contributed by atoms with Crippen LogP contribution in [0.5, 0.6) is 11.5 Å². The zero-order chi connectivity index (χ0) is 18.2. The highest BCUT2D eigenvalue weighted by molar-refractivity contribution is 8.06. The quantitative estimate of drug-likeness (QED) is 0.711. The van der Waals surface area contributed by atoms with Crippen LogP contribution in [0.2, 0.25) is 0 Å². The normalized spacial score (nSPS) is 18.2. The van der Waals surface area contributed by atoms with Gasteiger partial charge in [-0.2, -0.15) is 23.5 Å². The molecule has 1 fully saturated rings. The number of carbonyl (C=O) groups excluding carboxylic acids is 1. The summed E-state index contributed by atoms with van der Waals surface area (Å²) in [5.74, 6) is 3.10. The van der Waals surface area contributed by atoms with E-state index in [0.717, 1.165) is 17.3 Å². The minimum Gasteiger partial charge on any atom is -0.493 e. The van der Waals surface area contributed by atoms with Crippen molar-refractivity contribution in [3.8, 4) is 11.5 Å². The predicted octanol–water partition coefficient (Wildman–Crippen LogP) is 2.57. The number of carboxylic acids is 1. The van der Waals surface area contributed by atoms with Gasteiger partial charge in [0, 0.05) is 28.9 Å². The fraction of sp³-hybridized carbons (Fsp3) is 0.529. The number of carbonyl (C=O) groups is 2. The van der Waals surface area contributed by atoms with Gasteiger partial charge in [-0.1, -0.05) is 6.07 Å². The van der Waals surface area contributed by atoms with Crippen LogP contribution in [0.15, 0.2) is 18.2 Å². The Hall–Kier alpha value is -1.54. The number of hydrogen-bond donors (Lipinski definition) is 2. The Balaban J connectivity index is 2.09. The second kappa shape index (κ2) is 9.82. The molecule has 2 N–H and O–H groups in total. The van der Waals surface area contributed by atoms with Crippen LogP contribution in [0.25, 0.3) is 0 Å². The summed E-state index contributed by atoms with van der Waals surface area (Å²) in [7, 11) is 3.05. The highest BCUT2D eigenvalue weighted by Crippen LogP contribution is 2.31. The van der Waals surface area contributed by atoms with Crippen LogP contribution in [0.4, 0.5) is 0 Å². The van der Waals surface area contributed by atoms with Gasteiger partial charge >= 0.3 is 5.97 Å². The van der Waals surface area contributed by atoms with Crippen LogP contribution in [-0.4, -0.2) is 53.7 Å². The van der Waals surface area contributed by atoms with E-state index in [0.29, 0.717) is 23.5 Å². The summed E-state index contributed by atoms with van der Waals surface area (Å²) in [6.45, 7) is 0. The molecule has 1 amide bonds. The maximum atomic E-state index is 12.4. The topological polar surface area (TPSA) is 84.9 Å². The van der Waals surface area contributed by atoms with E-state index < -0.39 is 12.0 Å². The third kappa shape index (κ3) is 6.04. The average Bonchev–Trinajstić information content (AvgIpc) is 2.61. The van der Waals surface area contributed by atoms with E-state index in [1.807, 2.05) is 11.8 Å². The fourth-order valence-corrected chi connectivity index (χ4v) is 5.29. The molecule has 0 bridgehead atoms. The maximum Gasteiger partial charge on any atom is 0.305 e. The van der Waals surface area contributed by atoms with Crippen molar-refractivity contribution in [1.82, 2.24) is 5.32 Å². The summed E-state index contributed by atoms with van der Waals surface area (Å²) in [5, 5.41) is 12.3. The zero-order valence-corrected chi connectivity index (χ0v) is 16.0. The van der Waals surface area contributed by atoms with E-state index in [2.05, 4.69) is 5.32 Å². The highest BCUT2D eigenvalue weighted by atomic mass is 32.2. The summed E-state index contributed by atoms with van der Waals surface area (Å²) in [6.07, 6.45) is 0.217. The van der Waals surface area contributed by atoms with Crippen molar-refractivity contribution < 1.29 is 24.2 Å². The van der Waals surface area contributed by atoms with Gasteiger partial charge in [-0.15, -0.1) is 0 Å². The van der Waals surface area contributed by atoms with Gasteiger partial charge in [0.2, 0.25) is 5.91 Å². The van der Waals surface area contributed by atoms with Crippen LogP contribution in [-0.2, 0) is 9.59 Å². The van der Waals surface area contributed by atoms with E-state index in [9.17, 15) is 14.7 Å². The van der Waals surface area contributed by atoms with Crippen LogP contribution in [0.3, 0.4) is 0 Å². The van der Waals surface area contributed by atoms with Crippen LogP contribution in [0, 0.1) is 0 Å². The number of rotatable bonds is 8. The molecule has 2 atom stereocenters. The third-order valence-electron chi connectivity index (χ3n) is 3.82. The summed E-state index contributed by atoms with van der Waals surface area (Å²) < 4.78 is 10.5. The van der Waals surface area contributed by atoms with E-state index >= 15 is 0 Å². The lowest BCUT2D eigenvalue weighted by Gasteiger charge is -2.23. The van der Waals surface area contributed by atoms with Gasteiger partial charge in [0.25, 0.3) is 0 Å². The number of aliphatic carboxylic acids is 1. The fourth-order valence-electron chi connectivity index (χ4n) is 2.61. The molecule has 1 aliphatic heterocycles. The number of amides is 1. The number of carboxylic acid groups (broad SMARTS) is 1. The molecule has 1 saturated heterocycles. The van der Waals surface area contributed by atoms with Crippen LogP contribution >= 0.6 is 23.5 Å². The molecule has 0 spiro atoms. The van der Waals surface area contributed by atoms with Gasteiger partial charge in [-0.05, 0) is 17.7 Å². The number of nitrogens with one attached hydrogen (secondary N) is 1. The molecule has 1 aromatic rings. The smallest absolute Gasteiger partial charge is 0.305 e. The number of thioether (sulfide) groups is 2. The minimum absolute atomic E-state index is 0.124. The molecule has 6 nitrogen and oxygen atoms in total. The molecule has 0 radical (unpaired) electrons. The second-order valence-corrected chi connectivity index (χ2v) is 8.16. The lowest BCUT2D eigenvalue weighted by molar-refractivity contribution is -0.137. The third-order valence-corrected chi connectivity index (χ3v) is 6.67. The Kier molecular flexibility index (Phi) is 7.77.